The predicted molar refractivity (Wildman–Crippen MR) is 75.7 cm³/mol. The number of nitrogens with two attached hydrogens (primary N) is 1. The Morgan fingerprint density at radius 3 is 2.83 bits per heavy atom. The van der Waals surface area contributed by atoms with Crippen LogP contribution in [0.3, 0.4) is 0 Å². The van der Waals surface area contributed by atoms with Gasteiger partial charge in [0.2, 0.25) is 0 Å². The van der Waals surface area contributed by atoms with Gasteiger partial charge in [-0.25, -0.2) is 4.98 Å². The lowest BCUT2D eigenvalue weighted by Crippen LogP contribution is -2.31. The van der Waals surface area contributed by atoms with Crippen molar-refractivity contribution in [3.8, 4) is 12.3 Å². The molecule has 0 bridgehead atoms. The van der Waals surface area contributed by atoms with Crippen LogP contribution in [0.4, 0.5) is 10.9 Å². The molecule has 0 aliphatic carbocycles. The van der Waals surface area contributed by atoms with E-state index in [-0.39, 0.29) is 24.3 Å². The third-order valence-corrected chi connectivity index (χ3v) is 3.20. The van der Waals surface area contributed by atoms with Gasteiger partial charge in [0.15, 0.2) is 5.13 Å². The molecule has 3 N–H and O–H groups in total. The number of rotatable bonds is 5. The molecule has 98 valence electrons. The number of terminal acetylenes is 1. The maximum atomic E-state index is 12.2. The molecule has 1 aromatic heterocycles. The molecule has 0 atom stereocenters. The van der Waals surface area contributed by atoms with E-state index in [9.17, 15) is 4.79 Å². The van der Waals surface area contributed by atoms with E-state index in [1.807, 2.05) is 20.8 Å². The third kappa shape index (κ3) is 3.37. The molecule has 0 radical (unpaired) electrons. The Labute approximate surface area is 111 Å². The quantitative estimate of drug-likeness (QED) is 0.795. The van der Waals surface area contributed by atoms with E-state index in [2.05, 4.69) is 16.2 Å². The molecule has 6 heteroatoms. The molecular formula is C12H18N4OS. The third-order valence-electron chi connectivity index (χ3n) is 2.21. The van der Waals surface area contributed by atoms with E-state index < -0.39 is 0 Å². The zero-order valence-corrected chi connectivity index (χ0v) is 11.7. The highest BCUT2D eigenvalue weighted by atomic mass is 32.1. The van der Waals surface area contributed by atoms with Gasteiger partial charge in [-0.1, -0.05) is 17.3 Å². The smallest absolute Gasteiger partial charge is 0.268 e. The van der Waals surface area contributed by atoms with Crippen LogP contribution in [0.5, 0.6) is 0 Å². The van der Waals surface area contributed by atoms with Crippen LogP contribution in [-0.2, 0) is 0 Å². The number of carbonyl (C=O) groups excluding carboxylic acids is 1. The van der Waals surface area contributed by atoms with E-state index >= 15 is 0 Å². The normalized spacial score (nSPS) is 10.2. The van der Waals surface area contributed by atoms with Gasteiger partial charge in [-0.15, -0.1) is 6.42 Å². The Morgan fingerprint density at radius 1 is 1.67 bits per heavy atom. The van der Waals surface area contributed by atoms with Crippen LogP contribution in [0.25, 0.3) is 0 Å². The summed E-state index contributed by atoms with van der Waals surface area (Å²) in [6.45, 7) is 6.69. The van der Waals surface area contributed by atoms with E-state index in [1.165, 1.54) is 11.3 Å². The van der Waals surface area contributed by atoms with Crippen LogP contribution in [0.2, 0.25) is 0 Å². The van der Waals surface area contributed by atoms with Crippen LogP contribution < -0.4 is 11.1 Å². The van der Waals surface area contributed by atoms with Gasteiger partial charge in [-0.3, -0.25) is 4.79 Å². The second-order valence-corrected chi connectivity index (χ2v) is 5.05. The first-order valence-corrected chi connectivity index (χ1v) is 6.56. The molecule has 1 heterocycles. The number of nitrogens with one attached hydrogen (secondary N) is 1. The molecule has 0 aromatic carbocycles. The number of hydrogen-bond acceptors (Lipinski definition) is 5. The topological polar surface area (TPSA) is 71.2 Å². The van der Waals surface area contributed by atoms with Crippen LogP contribution in [0.1, 0.15) is 30.4 Å². The summed E-state index contributed by atoms with van der Waals surface area (Å²) in [5, 5.41) is 3.78. The van der Waals surface area contributed by atoms with Gasteiger partial charge >= 0.3 is 0 Å². The molecule has 1 aromatic rings. The van der Waals surface area contributed by atoms with Crippen molar-refractivity contribution in [3.05, 3.63) is 4.88 Å². The Hall–Kier alpha value is -1.74. The molecule has 18 heavy (non-hydrogen) atoms. The molecule has 0 saturated carbocycles. The van der Waals surface area contributed by atoms with Crippen molar-refractivity contribution in [2.24, 2.45) is 0 Å². The number of amides is 1. The van der Waals surface area contributed by atoms with Crippen LogP contribution in [0.15, 0.2) is 0 Å². The predicted octanol–water partition coefficient (Wildman–Crippen LogP) is 1.64. The van der Waals surface area contributed by atoms with Crippen molar-refractivity contribution in [2.45, 2.75) is 26.8 Å². The molecule has 1 amide bonds. The van der Waals surface area contributed by atoms with Gasteiger partial charge in [0, 0.05) is 12.6 Å². The fraction of sp³-hybridized carbons (Fsp3) is 0.500. The minimum absolute atomic E-state index is 0.165. The fourth-order valence-electron chi connectivity index (χ4n) is 1.37. The van der Waals surface area contributed by atoms with Crippen molar-refractivity contribution < 1.29 is 4.79 Å². The molecular weight excluding hydrogens is 248 g/mol. The molecule has 1 rings (SSSR count). The number of thiazole rings is 1. The Bertz CT molecular complexity index is 461. The first-order valence-electron chi connectivity index (χ1n) is 5.75. The zero-order chi connectivity index (χ0) is 13.7. The monoisotopic (exact) mass is 266 g/mol. The number of hydrogen-bond donors (Lipinski definition) is 2. The largest absolute Gasteiger partial charge is 0.382 e. The van der Waals surface area contributed by atoms with Crippen molar-refractivity contribution in [2.75, 3.05) is 24.1 Å². The van der Waals surface area contributed by atoms with Crippen molar-refractivity contribution >= 4 is 28.2 Å². The van der Waals surface area contributed by atoms with Gasteiger partial charge in [-0.2, -0.15) is 0 Å². The summed E-state index contributed by atoms with van der Waals surface area (Å²) < 4.78 is 0. The lowest BCUT2D eigenvalue weighted by atomic mass is 10.4. The highest BCUT2D eigenvalue weighted by molar-refractivity contribution is 7.18. The molecule has 0 aliphatic rings. The molecule has 0 aliphatic heterocycles. The summed E-state index contributed by atoms with van der Waals surface area (Å²) in [6.07, 6.45) is 5.23. The summed E-state index contributed by atoms with van der Waals surface area (Å²) in [5.74, 6) is 2.55. The van der Waals surface area contributed by atoms with E-state index in [4.69, 9.17) is 12.2 Å². The van der Waals surface area contributed by atoms with Gasteiger partial charge in [0.1, 0.15) is 10.7 Å². The number of nitrogens with zero attached hydrogens (tertiary/aromatic N) is 2. The highest BCUT2D eigenvalue weighted by Gasteiger charge is 2.20. The molecule has 0 spiro atoms. The minimum Gasteiger partial charge on any atom is -0.382 e. The fourth-order valence-corrected chi connectivity index (χ4v) is 2.37. The summed E-state index contributed by atoms with van der Waals surface area (Å²) in [6, 6.07) is 0.242. The Kier molecular flexibility index (Phi) is 4.98. The average Bonchev–Trinajstić information content (AvgIpc) is 2.65. The number of carbonyl (C=O) groups is 1. The first kappa shape index (κ1) is 14.3. The number of anilines is 2. The summed E-state index contributed by atoms with van der Waals surface area (Å²) >= 11 is 1.26. The SMILES string of the molecule is C#CCN(CC)C(=O)c1sc(NC(C)C)nc1N. The minimum atomic E-state index is -0.165. The van der Waals surface area contributed by atoms with Gasteiger partial charge in [-0.05, 0) is 20.8 Å². The Morgan fingerprint density at radius 2 is 2.33 bits per heavy atom. The maximum Gasteiger partial charge on any atom is 0.268 e. The van der Waals surface area contributed by atoms with E-state index in [0.29, 0.717) is 16.6 Å². The second-order valence-electron chi connectivity index (χ2n) is 4.06. The lowest BCUT2D eigenvalue weighted by Gasteiger charge is -2.16. The zero-order valence-electron chi connectivity index (χ0n) is 10.9. The van der Waals surface area contributed by atoms with Crippen LogP contribution in [0, 0.1) is 12.3 Å². The van der Waals surface area contributed by atoms with Gasteiger partial charge in [0.25, 0.3) is 5.91 Å². The second kappa shape index (κ2) is 6.26. The highest BCUT2D eigenvalue weighted by Crippen LogP contribution is 2.26. The first-order chi connectivity index (χ1) is 8.49. The standard InChI is InChI=1S/C12H18N4OS/c1-5-7-16(6-2)11(17)9-10(13)15-12(18-9)14-8(3)4/h1,8H,6-7,13H2,2-4H3,(H,14,15). The molecule has 0 saturated heterocycles. The van der Waals surface area contributed by atoms with Gasteiger partial charge in [0.05, 0.1) is 6.54 Å². The number of aromatic nitrogens is 1. The molecule has 0 unspecified atom stereocenters. The van der Waals surface area contributed by atoms with E-state index in [0.717, 1.165) is 0 Å². The summed E-state index contributed by atoms with van der Waals surface area (Å²) in [4.78, 5) is 18.3. The average molecular weight is 266 g/mol. The Balaban J connectivity index is 2.92. The lowest BCUT2D eigenvalue weighted by molar-refractivity contribution is 0.0790. The van der Waals surface area contributed by atoms with Crippen LogP contribution >= 0.6 is 11.3 Å². The molecule has 0 fully saturated rings. The van der Waals surface area contributed by atoms with Gasteiger partial charge < -0.3 is 16.0 Å². The molecule has 5 nitrogen and oxygen atoms in total. The summed E-state index contributed by atoms with van der Waals surface area (Å²) in [7, 11) is 0. The van der Waals surface area contributed by atoms with Crippen LogP contribution in [-0.4, -0.2) is 34.9 Å². The van der Waals surface area contributed by atoms with Crippen molar-refractivity contribution in [1.29, 1.82) is 0 Å². The van der Waals surface area contributed by atoms with Crippen molar-refractivity contribution in [1.82, 2.24) is 9.88 Å². The van der Waals surface area contributed by atoms with Crippen molar-refractivity contribution in [3.63, 3.8) is 0 Å². The maximum absolute atomic E-state index is 12.2. The summed E-state index contributed by atoms with van der Waals surface area (Å²) in [5.41, 5.74) is 5.77. The van der Waals surface area contributed by atoms with E-state index in [1.54, 1.807) is 4.90 Å². The number of nitrogen functional groups attached to an aromatic ring is 1.